The van der Waals surface area contributed by atoms with Crippen molar-refractivity contribution in [1.82, 2.24) is 5.48 Å². The molecule has 0 spiro atoms. The number of thiocarbonyl (C=S) groups is 1. The van der Waals surface area contributed by atoms with Gasteiger partial charge in [0, 0.05) is 38.3 Å². The zero-order chi connectivity index (χ0) is 16.8. The Balaban J connectivity index is 0.000000232. The molecule has 1 aliphatic carbocycles. The van der Waals surface area contributed by atoms with E-state index in [1.807, 2.05) is 29.7 Å². The molecule has 0 aromatic heterocycles. The van der Waals surface area contributed by atoms with Gasteiger partial charge in [0.25, 0.3) is 0 Å². The Hall–Kier alpha value is -1.60. The van der Waals surface area contributed by atoms with Crippen LogP contribution in [0.15, 0.2) is 54.1 Å². The summed E-state index contributed by atoms with van der Waals surface area (Å²) in [7, 11) is 0. The summed E-state index contributed by atoms with van der Waals surface area (Å²) in [6, 6.07) is 14.1. The van der Waals surface area contributed by atoms with Gasteiger partial charge < -0.3 is 15.6 Å². The fourth-order valence-corrected chi connectivity index (χ4v) is 2.24. The largest absolute Gasteiger partial charge is 0.664 e. The molecule has 5 nitrogen and oxygen atoms in total. The van der Waals surface area contributed by atoms with Gasteiger partial charge >= 0.3 is 0 Å². The molecule has 0 aliphatic heterocycles. The predicted molar refractivity (Wildman–Crippen MR) is 92.2 cm³/mol. The molecular weight excluding hydrogens is 401 g/mol. The minimum absolute atomic E-state index is 0. The number of phenolic OH excluding ortho intramolecular Hbond substituents is 1. The Labute approximate surface area is 170 Å². The third-order valence-corrected chi connectivity index (χ3v) is 3.62. The van der Waals surface area contributed by atoms with Gasteiger partial charge in [0.05, 0.1) is 5.91 Å². The number of phenols is 1. The fourth-order valence-electron chi connectivity index (χ4n) is 2.10. The first-order valence-corrected chi connectivity index (χ1v) is 7.20. The first-order valence-electron chi connectivity index (χ1n) is 6.79. The van der Waals surface area contributed by atoms with Crippen molar-refractivity contribution in [2.24, 2.45) is 0 Å². The molecule has 1 radical (unpaired) electrons. The Morgan fingerprint density at radius 3 is 2.29 bits per heavy atom. The summed E-state index contributed by atoms with van der Waals surface area (Å²) < 4.78 is 0. The maximum atomic E-state index is 10.7. The quantitative estimate of drug-likeness (QED) is 0.516. The summed E-state index contributed by atoms with van der Waals surface area (Å²) in [5, 5.41) is 17.3. The minimum Gasteiger partial charge on any atom is -0.664 e. The predicted octanol–water partition coefficient (Wildman–Crippen LogP) is 3.25. The average Bonchev–Trinajstić information content (AvgIpc) is 3.00. The minimum atomic E-state index is -0.564. The second-order valence-corrected chi connectivity index (χ2v) is 5.27. The molecule has 1 aliphatic rings. The van der Waals surface area contributed by atoms with Crippen molar-refractivity contribution in [3.8, 4) is 5.75 Å². The van der Waals surface area contributed by atoms with E-state index < -0.39 is 5.91 Å². The van der Waals surface area contributed by atoms with E-state index in [0.29, 0.717) is 17.6 Å². The first-order chi connectivity index (χ1) is 11.0. The molecule has 3 rings (SSSR count). The van der Waals surface area contributed by atoms with Crippen LogP contribution < -0.4 is 5.48 Å². The van der Waals surface area contributed by atoms with Gasteiger partial charge in [-0.05, 0) is 53.5 Å². The number of carbonyl (C=O) groups is 1. The fraction of sp³-hybridized carbons (Fsp3) is 0.0588. The molecule has 0 bridgehead atoms. The van der Waals surface area contributed by atoms with Gasteiger partial charge in [-0.3, -0.25) is 10.7 Å². The molecule has 2 aromatic rings. The molecule has 24 heavy (non-hydrogen) atoms. The topological polar surface area (TPSA) is 93.4 Å². The van der Waals surface area contributed by atoms with Crippen molar-refractivity contribution in [2.45, 2.75) is 6.42 Å². The summed E-state index contributed by atoms with van der Waals surface area (Å²) in [5.41, 5.74) is 12.3. The second kappa shape index (κ2) is 9.64. The van der Waals surface area contributed by atoms with Crippen LogP contribution in [-0.4, -0.2) is 21.2 Å². The van der Waals surface area contributed by atoms with Crippen LogP contribution in [0.3, 0.4) is 0 Å². The summed E-state index contributed by atoms with van der Waals surface area (Å²) >= 11 is 4.72. The molecule has 0 atom stereocenters. The van der Waals surface area contributed by atoms with Gasteiger partial charge in [0.2, 0.25) is 0 Å². The summed E-state index contributed by atoms with van der Waals surface area (Å²) in [6.07, 6.45) is 2.42. The van der Waals surface area contributed by atoms with E-state index in [0.717, 1.165) is 11.1 Å². The third-order valence-electron chi connectivity index (χ3n) is 3.29. The number of benzene rings is 2. The SMILES string of the molecule is ONC(=S)c1ccc(O)cc1.[NH-]C(=O)C1=Cc2ccccc2C1.[Y]. The molecule has 0 heterocycles. The molecule has 2 aromatic carbocycles. The normalized spacial score (nSPS) is 11.1. The zero-order valence-corrected chi connectivity index (χ0v) is 16.3. The number of rotatable bonds is 2. The van der Waals surface area contributed by atoms with E-state index in [1.165, 1.54) is 12.1 Å². The summed E-state index contributed by atoms with van der Waals surface area (Å²) in [6.45, 7) is 0. The third kappa shape index (κ3) is 5.49. The van der Waals surface area contributed by atoms with Gasteiger partial charge in [-0.25, -0.2) is 0 Å². The van der Waals surface area contributed by atoms with Crippen LogP contribution in [0.25, 0.3) is 11.8 Å². The maximum absolute atomic E-state index is 10.7. The van der Waals surface area contributed by atoms with E-state index in [4.69, 9.17) is 28.3 Å². The number of fused-ring (bicyclic) bond motifs is 1. The molecule has 0 fully saturated rings. The van der Waals surface area contributed by atoms with Crippen molar-refractivity contribution in [2.75, 3.05) is 0 Å². The number of hydrogen-bond acceptors (Lipinski definition) is 4. The first kappa shape index (κ1) is 20.4. The van der Waals surface area contributed by atoms with E-state index in [1.54, 1.807) is 18.2 Å². The number of hydrogen-bond donors (Lipinski definition) is 3. The number of hydroxylamine groups is 1. The molecule has 1 amide bonds. The number of carbonyl (C=O) groups excluding carboxylic acids is 1. The Bertz CT molecular complexity index is 761. The van der Waals surface area contributed by atoms with Crippen LogP contribution >= 0.6 is 12.2 Å². The van der Waals surface area contributed by atoms with Crippen LogP contribution in [0.4, 0.5) is 0 Å². The van der Waals surface area contributed by atoms with Gasteiger partial charge in [-0.2, -0.15) is 0 Å². The van der Waals surface area contributed by atoms with Gasteiger partial charge in [0.15, 0.2) is 0 Å². The maximum Gasteiger partial charge on any atom is 0.130 e. The average molecular weight is 416 g/mol. The van der Waals surface area contributed by atoms with Crippen molar-refractivity contribution < 1.29 is 47.8 Å². The van der Waals surface area contributed by atoms with E-state index in [9.17, 15) is 4.79 Å². The monoisotopic (exact) mass is 416 g/mol. The van der Waals surface area contributed by atoms with Crippen LogP contribution in [0.2, 0.25) is 0 Å². The standard InChI is InChI=1S/C10H9NO.C7H7NO2S.Y/c11-10(12)9-5-7-3-1-2-4-8(7)6-9;9-6-3-1-5(2-4-6)7(11)8-10;/h1-5H,6H2,(H2,11,12);1-4,9-10H,(H,8,11);/p-1. The summed E-state index contributed by atoms with van der Waals surface area (Å²) in [4.78, 5) is 11.0. The molecule has 0 saturated heterocycles. The zero-order valence-electron chi connectivity index (χ0n) is 12.7. The van der Waals surface area contributed by atoms with Gasteiger partial charge in [-0.15, -0.1) is 0 Å². The van der Waals surface area contributed by atoms with Crippen LogP contribution in [0.5, 0.6) is 5.75 Å². The Kier molecular flexibility index (Phi) is 8.21. The van der Waals surface area contributed by atoms with Gasteiger partial charge in [0.1, 0.15) is 10.7 Å². The smallest absolute Gasteiger partial charge is 0.130 e. The number of nitrogens with one attached hydrogen (secondary N) is 2. The van der Waals surface area contributed by atoms with Crippen LogP contribution in [0.1, 0.15) is 16.7 Å². The molecule has 121 valence electrons. The van der Waals surface area contributed by atoms with E-state index >= 15 is 0 Å². The molecule has 4 N–H and O–H groups in total. The van der Waals surface area contributed by atoms with Crippen LogP contribution in [0, 0.1) is 0 Å². The molecule has 0 saturated carbocycles. The Morgan fingerprint density at radius 1 is 1.12 bits per heavy atom. The number of amides is 1. The Morgan fingerprint density at radius 2 is 1.75 bits per heavy atom. The van der Waals surface area contributed by atoms with Gasteiger partial charge in [-0.1, -0.05) is 36.5 Å². The molecule has 7 heteroatoms. The summed E-state index contributed by atoms with van der Waals surface area (Å²) in [5.74, 6) is -0.388. The second-order valence-electron chi connectivity index (χ2n) is 4.86. The van der Waals surface area contributed by atoms with Crippen LogP contribution in [-0.2, 0) is 43.9 Å². The van der Waals surface area contributed by atoms with E-state index in [2.05, 4.69) is 0 Å². The van der Waals surface area contributed by atoms with Crippen molar-refractivity contribution >= 4 is 29.2 Å². The van der Waals surface area contributed by atoms with Crippen molar-refractivity contribution in [1.29, 1.82) is 0 Å². The van der Waals surface area contributed by atoms with E-state index in [-0.39, 0.29) is 43.4 Å². The van der Waals surface area contributed by atoms with Crippen molar-refractivity contribution in [3.05, 3.63) is 76.5 Å². The van der Waals surface area contributed by atoms with Crippen molar-refractivity contribution in [3.63, 3.8) is 0 Å². The number of aromatic hydroxyl groups is 1. The molecule has 0 unspecified atom stereocenters. The molecular formula is C17H15N2O3SY-.